The molecule has 4 heterocycles. The first-order chi connectivity index (χ1) is 16.3. The molecule has 1 N–H and O–H groups in total. The Bertz CT molecular complexity index is 1230. The molecule has 2 aliphatic heterocycles. The van der Waals surface area contributed by atoms with Gasteiger partial charge in [0, 0.05) is 51.7 Å². The lowest BCUT2D eigenvalue weighted by Crippen LogP contribution is -2.42. The molecule has 1 atom stereocenters. The molecule has 2 aromatic rings. The van der Waals surface area contributed by atoms with E-state index in [9.17, 15) is 0 Å². The quantitative estimate of drug-likeness (QED) is 0.686. The number of anilines is 2. The fourth-order valence-electron chi connectivity index (χ4n) is 4.03. The van der Waals surface area contributed by atoms with Crippen molar-refractivity contribution in [2.24, 2.45) is 12.0 Å². The topological polar surface area (TPSA) is 77.7 Å². The zero-order valence-electron chi connectivity index (χ0n) is 20.4. The second-order valence-corrected chi connectivity index (χ2v) is 8.11. The minimum atomic E-state index is -0.0637. The predicted octanol–water partition coefficient (Wildman–Crippen LogP) is 3.72. The smallest absolute Gasteiger partial charge is 0.228 e. The third-order valence-corrected chi connectivity index (χ3v) is 5.97. The van der Waals surface area contributed by atoms with E-state index in [-0.39, 0.29) is 6.04 Å². The summed E-state index contributed by atoms with van der Waals surface area (Å²) >= 11 is 0. The highest BCUT2D eigenvalue weighted by molar-refractivity contribution is 5.95. The molecule has 0 aliphatic carbocycles. The van der Waals surface area contributed by atoms with Crippen LogP contribution in [0.4, 0.5) is 11.8 Å². The van der Waals surface area contributed by atoms with Crippen molar-refractivity contribution in [1.29, 1.82) is 0 Å². The van der Waals surface area contributed by atoms with E-state index in [1.54, 1.807) is 17.1 Å². The maximum absolute atomic E-state index is 4.73. The van der Waals surface area contributed by atoms with E-state index >= 15 is 0 Å². The number of aromatic nitrogens is 4. The first-order valence-corrected chi connectivity index (χ1v) is 11.1. The van der Waals surface area contributed by atoms with Crippen LogP contribution in [-0.4, -0.2) is 67.5 Å². The Morgan fingerprint density at radius 3 is 2.62 bits per heavy atom. The second kappa shape index (κ2) is 9.38. The van der Waals surface area contributed by atoms with Crippen LogP contribution in [0.1, 0.15) is 19.0 Å². The van der Waals surface area contributed by atoms with Crippen molar-refractivity contribution in [2.75, 3.05) is 26.5 Å². The van der Waals surface area contributed by atoms with Crippen molar-refractivity contribution >= 4 is 23.2 Å². The summed E-state index contributed by atoms with van der Waals surface area (Å²) < 4.78 is 1.73. The van der Waals surface area contributed by atoms with Crippen molar-refractivity contribution in [1.82, 2.24) is 34.4 Å². The van der Waals surface area contributed by atoms with Gasteiger partial charge in [0.1, 0.15) is 29.3 Å². The average Bonchev–Trinajstić information content (AvgIpc) is 3.21. The summed E-state index contributed by atoms with van der Waals surface area (Å²) in [6.45, 7) is 10.8. The highest BCUT2D eigenvalue weighted by atomic mass is 15.5. The number of hydrogen-bond donors (Lipinski definition) is 1. The molecule has 0 unspecified atom stereocenters. The van der Waals surface area contributed by atoms with Crippen LogP contribution >= 0.6 is 0 Å². The maximum atomic E-state index is 4.73. The van der Waals surface area contributed by atoms with Gasteiger partial charge in [0.2, 0.25) is 5.95 Å². The minimum Gasteiger partial charge on any atom is -0.348 e. The minimum absolute atomic E-state index is 0.0637. The Hall–Kier alpha value is -4.14. The van der Waals surface area contributed by atoms with Crippen LogP contribution in [0.25, 0.3) is 5.57 Å². The molecule has 9 heteroatoms. The fourth-order valence-corrected chi connectivity index (χ4v) is 4.03. The Balaban J connectivity index is 1.74. The molecule has 34 heavy (non-hydrogen) atoms. The van der Waals surface area contributed by atoms with E-state index in [1.165, 1.54) is 0 Å². The Kier molecular flexibility index (Phi) is 6.36. The van der Waals surface area contributed by atoms with E-state index in [4.69, 9.17) is 4.98 Å². The van der Waals surface area contributed by atoms with E-state index in [0.29, 0.717) is 5.95 Å². The lowest BCUT2D eigenvalue weighted by Gasteiger charge is -2.34. The second-order valence-electron chi connectivity index (χ2n) is 8.11. The van der Waals surface area contributed by atoms with Crippen LogP contribution < -0.4 is 5.32 Å². The van der Waals surface area contributed by atoms with Gasteiger partial charge in [-0.3, -0.25) is 14.6 Å². The number of likely N-dealkylation sites (N-methyl/N-ethyl adjacent to an activating group) is 1. The molecular weight excluding hydrogens is 426 g/mol. The largest absolute Gasteiger partial charge is 0.348 e. The van der Waals surface area contributed by atoms with Gasteiger partial charge in [-0.15, -0.1) is 0 Å². The summed E-state index contributed by atoms with van der Waals surface area (Å²) in [6, 6.07) is 3.70. The number of nitrogens with zero attached hydrogens (tertiary/aromatic N) is 8. The highest BCUT2D eigenvalue weighted by Gasteiger charge is 2.36. The Labute approximate surface area is 200 Å². The van der Waals surface area contributed by atoms with Gasteiger partial charge >= 0.3 is 0 Å². The fraction of sp³-hybridized carbons (Fsp3) is 0.280. The summed E-state index contributed by atoms with van der Waals surface area (Å²) in [7, 11) is 7.71. The molecule has 0 radical (unpaired) electrons. The predicted molar refractivity (Wildman–Crippen MR) is 137 cm³/mol. The monoisotopic (exact) mass is 457 g/mol. The highest BCUT2D eigenvalue weighted by Crippen LogP contribution is 2.35. The summed E-state index contributed by atoms with van der Waals surface area (Å²) in [5.74, 6) is 3.95. The number of nitrogens with one attached hydrogen (secondary N) is 1. The molecule has 0 aromatic carbocycles. The standard InChI is InChI=1S/C25H31N9/c1-8-9-10-21-24(26-4)34-17(2)15-19(16-23(34)32(6)18(3)31(21)5)20-11-13-27-25(29-20)30-22-12-14-28-33(22)7/h9-16,21H,2-3,8H2,1,4-7H3,(H,27,29,30)/b10-9+,26-24?/t21-/m1/s1. The molecule has 2 aromatic heterocycles. The van der Waals surface area contributed by atoms with Gasteiger partial charge < -0.3 is 15.1 Å². The normalized spacial score (nSPS) is 20.0. The van der Waals surface area contributed by atoms with Gasteiger partial charge in [-0.25, -0.2) is 9.97 Å². The first-order valence-electron chi connectivity index (χ1n) is 11.1. The lowest BCUT2D eigenvalue weighted by molar-refractivity contribution is 0.306. The summed E-state index contributed by atoms with van der Waals surface area (Å²) in [4.78, 5) is 20.0. The average molecular weight is 458 g/mol. The molecule has 0 amide bonds. The van der Waals surface area contributed by atoms with Crippen LogP contribution in [0.3, 0.4) is 0 Å². The van der Waals surface area contributed by atoms with Gasteiger partial charge in [-0.1, -0.05) is 32.2 Å². The maximum Gasteiger partial charge on any atom is 0.228 e. The van der Waals surface area contributed by atoms with Crippen molar-refractivity contribution in [3.8, 4) is 0 Å². The van der Waals surface area contributed by atoms with E-state index < -0.39 is 0 Å². The van der Waals surface area contributed by atoms with Gasteiger partial charge in [0.15, 0.2) is 0 Å². The molecule has 0 saturated carbocycles. The number of rotatable bonds is 5. The van der Waals surface area contributed by atoms with Crippen molar-refractivity contribution < 1.29 is 0 Å². The van der Waals surface area contributed by atoms with Gasteiger partial charge in [-0.2, -0.15) is 5.10 Å². The Morgan fingerprint density at radius 1 is 1.15 bits per heavy atom. The number of hydrogen-bond acceptors (Lipinski definition) is 7. The van der Waals surface area contributed by atoms with Crippen LogP contribution in [0, 0.1) is 0 Å². The summed E-state index contributed by atoms with van der Waals surface area (Å²) in [5, 5.41) is 7.39. The third kappa shape index (κ3) is 4.12. The number of aryl methyl sites for hydroxylation is 1. The molecule has 0 spiro atoms. The summed E-state index contributed by atoms with van der Waals surface area (Å²) in [5.41, 5.74) is 2.51. The SMILES string of the molecule is C=C1C=C(c2ccnc(Nc3ccnn3C)n2)C=C2N(C)C(=C)N(C)[C@H](/C=C/CC)C(=NC)N12. The number of allylic oxidation sites excluding steroid dienone is 4. The molecule has 4 rings (SSSR count). The van der Waals surface area contributed by atoms with Crippen molar-refractivity contribution in [3.05, 3.63) is 85.0 Å². The third-order valence-electron chi connectivity index (χ3n) is 5.97. The van der Waals surface area contributed by atoms with Crippen LogP contribution in [0.5, 0.6) is 0 Å². The van der Waals surface area contributed by atoms with Crippen LogP contribution in [0.15, 0.2) is 84.3 Å². The van der Waals surface area contributed by atoms with E-state index in [0.717, 1.165) is 46.7 Å². The van der Waals surface area contributed by atoms with Gasteiger partial charge in [0.05, 0.1) is 11.9 Å². The lowest BCUT2D eigenvalue weighted by atomic mass is 10.1. The zero-order chi connectivity index (χ0) is 24.4. The molecule has 1 fully saturated rings. The summed E-state index contributed by atoms with van der Waals surface area (Å²) in [6.07, 6.45) is 12.8. The molecule has 1 saturated heterocycles. The van der Waals surface area contributed by atoms with Crippen molar-refractivity contribution in [3.63, 3.8) is 0 Å². The van der Waals surface area contributed by atoms with Crippen LogP contribution in [-0.2, 0) is 7.05 Å². The van der Waals surface area contributed by atoms with Crippen LogP contribution in [0.2, 0.25) is 0 Å². The molecular formula is C25H31N9. The van der Waals surface area contributed by atoms with Gasteiger partial charge in [0.25, 0.3) is 0 Å². The zero-order valence-corrected chi connectivity index (χ0v) is 20.4. The number of fused-ring (bicyclic) bond motifs is 1. The molecule has 2 aliphatic rings. The molecule has 9 nitrogen and oxygen atoms in total. The van der Waals surface area contributed by atoms with Crippen molar-refractivity contribution in [2.45, 2.75) is 19.4 Å². The van der Waals surface area contributed by atoms with E-state index in [2.05, 4.69) is 73.4 Å². The number of amidine groups is 1. The molecule has 176 valence electrons. The van der Waals surface area contributed by atoms with E-state index in [1.807, 2.05) is 46.4 Å². The Morgan fingerprint density at radius 2 is 1.94 bits per heavy atom. The number of aliphatic imine (C=N–C) groups is 1. The molecule has 0 bridgehead atoms. The first kappa shape index (κ1) is 23.0. The van der Waals surface area contributed by atoms with Gasteiger partial charge in [-0.05, 0) is 24.6 Å².